The molecule has 0 bridgehead atoms. The van der Waals surface area contributed by atoms with E-state index in [4.69, 9.17) is 0 Å². The Balaban J connectivity index is 1.82. The maximum absolute atomic E-state index is 12.6. The summed E-state index contributed by atoms with van der Waals surface area (Å²) in [5.74, 6) is -0.266. The molecule has 2 rings (SSSR count). The number of benzene rings is 1. The van der Waals surface area contributed by atoms with Crippen molar-refractivity contribution in [3.63, 3.8) is 0 Å². The summed E-state index contributed by atoms with van der Waals surface area (Å²) < 4.78 is 37.8. The van der Waals surface area contributed by atoms with Gasteiger partial charge in [-0.1, -0.05) is 6.07 Å². The molecule has 1 fully saturated rings. The monoisotopic (exact) mass is 315 g/mol. The highest BCUT2D eigenvalue weighted by Crippen LogP contribution is 2.30. The highest BCUT2D eigenvalue weighted by molar-refractivity contribution is 5.90. The highest BCUT2D eigenvalue weighted by atomic mass is 19.4. The van der Waals surface area contributed by atoms with Gasteiger partial charge in [-0.05, 0) is 25.2 Å². The van der Waals surface area contributed by atoms with Crippen molar-refractivity contribution in [2.24, 2.45) is 0 Å². The molecule has 7 heteroatoms. The van der Waals surface area contributed by atoms with Gasteiger partial charge in [-0.15, -0.1) is 0 Å². The second kappa shape index (κ2) is 7.11. The van der Waals surface area contributed by atoms with Crippen molar-refractivity contribution in [3.8, 4) is 0 Å². The Labute approximate surface area is 127 Å². The molecule has 1 aromatic rings. The Morgan fingerprint density at radius 2 is 1.91 bits per heavy atom. The number of piperazine rings is 1. The number of nitrogens with zero attached hydrogens (tertiary/aromatic N) is 2. The van der Waals surface area contributed by atoms with E-state index in [2.05, 4.69) is 22.2 Å². The molecule has 1 heterocycles. The molecule has 1 aliphatic heterocycles. The molecule has 22 heavy (non-hydrogen) atoms. The number of likely N-dealkylation sites (N-methyl/N-ethyl adjacent to an activating group) is 1. The number of carbonyl (C=O) groups is 1. The van der Waals surface area contributed by atoms with E-state index in [1.54, 1.807) is 0 Å². The fourth-order valence-corrected chi connectivity index (χ4v) is 2.33. The largest absolute Gasteiger partial charge is 0.416 e. The van der Waals surface area contributed by atoms with E-state index >= 15 is 0 Å². The van der Waals surface area contributed by atoms with Crippen LogP contribution in [0.5, 0.6) is 0 Å². The van der Waals surface area contributed by atoms with Gasteiger partial charge in [-0.25, -0.2) is 0 Å². The SMILES string of the molecule is CN1CCN(CCC(=O)Nc2cccc(C(F)(F)F)c2)CC1. The van der Waals surface area contributed by atoms with Gasteiger partial charge in [0, 0.05) is 44.8 Å². The summed E-state index contributed by atoms with van der Waals surface area (Å²) in [6, 6.07) is 4.69. The fraction of sp³-hybridized carbons (Fsp3) is 0.533. The van der Waals surface area contributed by atoms with E-state index < -0.39 is 11.7 Å². The van der Waals surface area contributed by atoms with E-state index in [1.807, 2.05) is 0 Å². The molecule has 1 amide bonds. The van der Waals surface area contributed by atoms with Gasteiger partial charge >= 0.3 is 6.18 Å². The van der Waals surface area contributed by atoms with Gasteiger partial charge in [0.25, 0.3) is 0 Å². The number of carbonyl (C=O) groups excluding carboxylic acids is 1. The highest BCUT2D eigenvalue weighted by Gasteiger charge is 2.30. The lowest BCUT2D eigenvalue weighted by atomic mass is 10.2. The van der Waals surface area contributed by atoms with Crippen molar-refractivity contribution in [1.29, 1.82) is 0 Å². The van der Waals surface area contributed by atoms with Gasteiger partial charge in [-0.2, -0.15) is 13.2 Å². The zero-order valence-electron chi connectivity index (χ0n) is 12.5. The van der Waals surface area contributed by atoms with Gasteiger partial charge in [0.15, 0.2) is 0 Å². The van der Waals surface area contributed by atoms with Crippen LogP contribution in [0, 0.1) is 0 Å². The average molecular weight is 315 g/mol. The lowest BCUT2D eigenvalue weighted by Gasteiger charge is -2.32. The molecule has 0 aromatic heterocycles. The van der Waals surface area contributed by atoms with Gasteiger partial charge in [0.1, 0.15) is 0 Å². The topological polar surface area (TPSA) is 35.6 Å². The van der Waals surface area contributed by atoms with Crippen LogP contribution >= 0.6 is 0 Å². The molecule has 4 nitrogen and oxygen atoms in total. The first-order chi connectivity index (χ1) is 10.3. The Hall–Kier alpha value is -1.60. The van der Waals surface area contributed by atoms with Gasteiger partial charge in [0.05, 0.1) is 5.56 Å². The first-order valence-corrected chi connectivity index (χ1v) is 7.22. The molecule has 122 valence electrons. The summed E-state index contributed by atoms with van der Waals surface area (Å²) >= 11 is 0. The van der Waals surface area contributed by atoms with E-state index in [0.717, 1.165) is 38.3 Å². The minimum atomic E-state index is -4.40. The third kappa shape index (κ3) is 4.99. The standard InChI is InChI=1S/C15H20F3N3O/c1-20-7-9-21(10-8-20)6-5-14(22)19-13-4-2-3-12(11-13)15(16,17)18/h2-4,11H,5-10H2,1H3,(H,19,22). The second-order valence-electron chi connectivity index (χ2n) is 5.52. The predicted molar refractivity (Wildman–Crippen MR) is 78.6 cm³/mol. The lowest BCUT2D eigenvalue weighted by Crippen LogP contribution is -2.45. The number of hydrogen-bond acceptors (Lipinski definition) is 3. The average Bonchev–Trinajstić information content (AvgIpc) is 2.46. The van der Waals surface area contributed by atoms with Crippen LogP contribution in [0.1, 0.15) is 12.0 Å². The van der Waals surface area contributed by atoms with Crippen molar-refractivity contribution in [2.45, 2.75) is 12.6 Å². The van der Waals surface area contributed by atoms with Crippen molar-refractivity contribution in [3.05, 3.63) is 29.8 Å². The number of nitrogens with one attached hydrogen (secondary N) is 1. The molecule has 0 atom stereocenters. The summed E-state index contributed by atoms with van der Waals surface area (Å²) in [5.41, 5.74) is -0.581. The molecule has 0 spiro atoms. The Kier molecular flexibility index (Phi) is 5.42. The molecule has 1 saturated heterocycles. The fourth-order valence-electron chi connectivity index (χ4n) is 2.33. The molecule has 0 radical (unpaired) electrons. The predicted octanol–water partition coefficient (Wildman–Crippen LogP) is 2.28. The van der Waals surface area contributed by atoms with Gasteiger partial charge in [-0.3, -0.25) is 4.79 Å². The summed E-state index contributed by atoms with van der Waals surface area (Å²) in [6.07, 6.45) is -4.12. The molecule has 1 N–H and O–H groups in total. The maximum Gasteiger partial charge on any atom is 0.416 e. The zero-order valence-corrected chi connectivity index (χ0v) is 12.5. The summed E-state index contributed by atoms with van der Waals surface area (Å²) in [5, 5.41) is 2.53. The third-order valence-corrected chi connectivity index (χ3v) is 3.72. The van der Waals surface area contributed by atoms with Crippen LogP contribution in [0.15, 0.2) is 24.3 Å². The number of anilines is 1. The van der Waals surface area contributed by atoms with E-state index in [-0.39, 0.29) is 18.0 Å². The normalized spacial score (nSPS) is 17.5. The van der Waals surface area contributed by atoms with Crippen molar-refractivity contribution in [2.75, 3.05) is 45.1 Å². The Morgan fingerprint density at radius 1 is 1.23 bits per heavy atom. The number of amides is 1. The molecule has 0 saturated carbocycles. The smallest absolute Gasteiger partial charge is 0.326 e. The van der Waals surface area contributed by atoms with Crippen LogP contribution in [-0.4, -0.2) is 55.5 Å². The minimum absolute atomic E-state index is 0.179. The van der Waals surface area contributed by atoms with Crippen molar-refractivity contribution >= 4 is 11.6 Å². The Morgan fingerprint density at radius 3 is 2.55 bits per heavy atom. The third-order valence-electron chi connectivity index (χ3n) is 3.72. The quantitative estimate of drug-likeness (QED) is 0.926. The van der Waals surface area contributed by atoms with E-state index in [1.165, 1.54) is 12.1 Å². The van der Waals surface area contributed by atoms with Crippen LogP contribution in [0.25, 0.3) is 0 Å². The number of alkyl halides is 3. The first-order valence-electron chi connectivity index (χ1n) is 7.22. The second-order valence-corrected chi connectivity index (χ2v) is 5.52. The minimum Gasteiger partial charge on any atom is -0.326 e. The van der Waals surface area contributed by atoms with Crippen LogP contribution in [0.2, 0.25) is 0 Å². The Bertz CT molecular complexity index is 511. The van der Waals surface area contributed by atoms with Crippen LogP contribution in [0.3, 0.4) is 0 Å². The zero-order chi connectivity index (χ0) is 16.2. The first kappa shape index (κ1) is 16.8. The molecule has 1 aliphatic rings. The van der Waals surface area contributed by atoms with E-state index in [0.29, 0.717) is 6.54 Å². The number of halogens is 3. The summed E-state index contributed by atoms with van der Waals surface area (Å²) in [6.45, 7) is 4.38. The van der Waals surface area contributed by atoms with Crippen molar-refractivity contribution < 1.29 is 18.0 Å². The lowest BCUT2D eigenvalue weighted by molar-refractivity contribution is -0.137. The molecule has 0 aliphatic carbocycles. The molecular formula is C15H20F3N3O. The van der Waals surface area contributed by atoms with Gasteiger partial charge < -0.3 is 15.1 Å². The van der Waals surface area contributed by atoms with Crippen LogP contribution in [0.4, 0.5) is 18.9 Å². The summed E-state index contributed by atoms with van der Waals surface area (Å²) in [4.78, 5) is 16.3. The maximum atomic E-state index is 12.6. The number of rotatable bonds is 4. The van der Waals surface area contributed by atoms with Crippen LogP contribution in [-0.2, 0) is 11.0 Å². The molecular weight excluding hydrogens is 295 g/mol. The van der Waals surface area contributed by atoms with Gasteiger partial charge in [0.2, 0.25) is 5.91 Å². The van der Waals surface area contributed by atoms with Crippen LogP contribution < -0.4 is 5.32 Å². The summed E-state index contributed by atoms with van der Waals surface area (Å²) in [7, 11) is 2.05. The number of hydrogen-bond donors (Lipinski definition) is 1. The van der Waals surface area contributed by atoms with E-state index in [9.17, 15) is 18.0 Å². The molecule has 1 aromatic carbocycles. The molecule has 0 unspecified atom stereocenters. The van der Waals surface area contributed by atoms with Crippen molar-refractivity contribution in [1.82, 2.24) is 9.80 Å².